The maximum absolute atomic E-state index is 14.5. The van der Waals surface area contributed by atoms with Crippen LogP contribution < -0.4 is 11.5 Å². The fourth-order valence-electron chi connectivity index (χ4n) is 17.2. The molecule has 5 aromatic rings. The second kappa shape index (κ2) is 56.7. The molecule has 131 heavy (non-hydrogen) atoms. The fraction of sp³-hybridized carbons (Fsp3) is 0.673. The number of esters is 2. The van der Waals surface area contributed by atoms with Crippen LogP contribution in [0.15, 0.2) is 94.7 Å². The summed E-state index contributed by atoms with van der Waals surface area (Å²) in [5.41, 5.74) is 20.2. The van der Waals surface area contributed by atoms with E-state index in [2.05, 4.69) is 47.0 Å². The van der Waals surface area contributed by atoms with Crippen molar-refractivity contribution in [2.75, 3.05) is 152 Å². The summed E-state index contributed by atoms with van der Waals surface area (Å²) < 4.78 is 85.1. The Bertz CT molecular complexity index is 4440. The number of rotatable bonds is 36. The molecule has 2 bridgehead atoms. The molecule has 0 radical (unpaired) electrons. The molecule has 2 saturated heterocycles. The highest BCUT2D eigenvalue weighted by Gasteiger charge is 2.53. The lowest BCUT2D eigenvalue weighted by molar-refractivity contribution is -0.265. The smallest absolute Gasteiger partial charge is 0.329 e. The minimum atomic E-state index is -2.43. The molecule has 2 aromatic carbocycles. The molecule has 0 unspecified atom stereocenters. The van der Waals surface area contributed by atoms with Gasteiger partial charge in [-0.1, -0.05) is 110 Å². The molecule has 33 nitrogen and oxygen atoms in total. The number of ketones is 2. The monoisotopic (exact) mass is 1840 g/mol. The number of amides is 2. The van der Waals surface area contributed by atoms with E-state index in [9.17, 15) is 44.1 Å². The molecule has 1 saturated carbocycles. The van der Waals surface area contributed by atoms with Gasteiger partial charge in [0, 0.05) is 104 Å². The van der Waals surface area contributed by atoms with Gasteiger partial charge in [0.05, 0.1) is 129 Å². The number of anilines is 2. The standard InChI is InChI=1S/C54H85NO14.C28H30N8O3.C16H34O7/c1-12-47(57)67-43-24-22-39(29-46(43)65-10)28-35(5)45-31-42(56)34(4)27-37(7)49(59)50(66-11)48(58)36(6)26-32(2)18-14-13-15-19-33(3)44(64-9)30-40-23-21-38(8)54(63,69-40)51(60)52(61)55-25-17-16-20-41(55)53(62)68-45;1-2-10-38-11-8-23(37)35-9-7-18-12-17(3-4-20(18)15-35)14-36-27-24(26(29)31-16-32-27)25(34-36)19-5-6-22-21(13-19)33-28(30)39-22;1-3-4-18-7-8-20-11-12-22-15-16-23-14-13-21-10-9-19-6-5-17-2/h13-15,18-19,27,32,34-36,38-46,49-50,56,59,63H,12,16-17,20-26,28-31H2,1-11H3;3-6,12-13,16H,2,7-11,14-15H2,1H3,(H2,30,33)(H2,29,31,32);3-16H2,1-2H3/b15-13+,18-14+,33-19+,37-27+;;/t32-,34-,35-,36-,38-,39+,40+,41+,42-,43-,44+,45+,46-,49-,50+,54-;;/m1../s1. The van der Waals surface area contributed by atoms with Crippen LogP contribution in [0.25, 0.3) is 33.4 Å². The molecular weight excluding hydrogens is 1690 g/mol. The van der Waals surface area contributed by atoms with Gasteiger partial charge in [-0.25, -0.2) is 19.4 Å². The van der Waals surface area contributed by atoms with Gasteiger partial charge in [0.15, 0.2) is 17.0 Å². The number of aromatic nitrogens is 5. The second-order valence-electron chi connectivity index (χ2n) is 35.0. The van der Waals surface area contributed by atoms with Gasteiger partial charge < -0.3 is 107 Å². The highest BCUT2D eigenvalue weighted by Crippen LogP contribution is 2.40. The molecule has 3 aromatic heterocycles. The van der Waals surface area contributed by atoms with Crippen molar-refractivity contribution in [2.45, 2.75) is 252 Å². The maximum Gasteiger partial charge on any atom is 0.329 e. The Balaban J connectivity index is 0.000000283. The Morgan fingerprint density at radius 1 is 0.687 bits per heavy atom. The largest absolute Gasteiger partial charge is 0.460 e. The van der Waals surface area contributed by atoms with E-state index < -0.39 is 83.9 Å². The zero-order valence-electron chi connectivity index (χ0n) is 79.8. The number of nitrogen functional groups attached to an aromatic ring is 2. The Morgan fingerprint density at radius 2 is 1.36 bits per heavy atom. The first-order valence-corrected chi connectivity index (χ1v) is 47.0. The van der Waals surface area contributed by atoms with E-state index in [0.717, 1.165) is 49.0 Å². The number of nitrogens with two attached hydrogens (primary N) is 2. The predicted molar refractivity (Wildman–Crippen MR) is 495 cm³/mol. The molecule has 5 aliphatic rings. The van der Waals surface area contributed by atoms with E-state index in [0.29, 0.717) is 216 Å². The van der Waals surface area contributed by atoms with Crippen molar-refractivity contribution in [3.63, 3.8) is 0 Å². The van der Waals surface area contributed by atoms with Gasteiger partial charge in [-0.15, -0.1) is 0 Å². The van der Waals surface area contributed by atoms with Crippen LogP contribution in [0.3, 0.4) is 0 Å². The summed E-state index contributed by atoms with van der Waals surface area (Å²) in [6.07, 6.45) is 15.8. The quantitative estimate of drug-likeness (QED) is 0.0108. The third-order valence-electron chi connectivity index (χ3n) is 24.9. The number of ether oxygens (including phenoxy) is 14. The lowest BCUT2D eigenvalue weighted by Gasteiger charge is -2.43. The third kappa shape index (κ3) is 33.3. The number of aliphatic hydroxyl groups excluding tert-OH is 2. The average Bonchev–Trinajstić information content (AvgIpc) is 1.62. The van der Waals surface area contributed by atoms with Crippen molar-refractivity contribution in [1.82, 2.24) is 34.5 Å². The van der Waals surface area contributed by atoms with Gasteiger partial charge in [0.2, 0.25) is 11.7 Å². The molecule has 2 amide bonds. The number of hydrogen-bond acceptors (Lipinski definition) is 30. The topological polar surface area (TPSA) is 420 Å². The first-order valence-electron chi connectivity index (χ1n) is 47.0. The number of aliphatic hydroxyl groups is 3. The van der Waals surface area contributed by atoms with Crippen LogP contribution >= 0.6 is 0 Å². The number of oxazole rings is 1. The van der Waals surface area contributed by atoms with Crippen molar-refractivity contribution in [1.29, 1.82) is 0 Å². The van der Waals surface area contributed by atoms with Gasteiger partial charge in [0.25, 0.3) is 17.7 Å². The van der Waals surface area contributed by atoms with Gasteiger partial charge in [-0.05, 0) is 161 Å². The number of fused-ring (bicyclic) bond motifs is 6. The van der Waals surface area contributed by atoms with Crippen LogP contribution in [0.4, 0.5) is 11.8 Å². The predicted octanol–water partition coefficient (Wildman–Crippen LogP) is 11.6. The van der Waals surface area contributed by atoms with Gasteiger partial charge in [0.1, 0.15) is 53.8 Å². The number of benzene rings is 2. The second-order valence-corrected chi connectivity index (χ2v) is 35.0. The Kier molecular flexibility index (Phi) is 46.8. The molecule has 1 aliphatic carbocycles. The highest BCUT2D eigenvalue weighted by molar-refractivity contribution is 6.39. The SMILES string of the molecule is CCC(=O)O[C@@H]1CC[C@@H](C[C@@H](C)[C@@H]2C[C@@H](O)[C@H](C)/C=C(\C)[C@@H](O)[C@@H](OC)C(=O)[C@H](C)C[C@H](C)/C=C/C=C/C=C(\C)[C@@H](OC)C[C@@H]3CC[C@@H](C)[C@@](O)(O3)C(=O)C(=O)N3CCCC[C@H]3C(=O)O2)C[C@H]1OC.CCCOCCC(=O)N1CCc2cc(Cn3nc(-c4ccc5oc(N)nc5c4)c4c(N)ncnc43)ccc2C1.CCCOCCOCCOCCOCCOCCOCCOC. The van der Waals surface area contributed by atoms with Crippen LogP contribution in [-0.4, -0.2) is 286 Å². The van der Waals surface area contributed by atoms with E-state index in [1.165, 1.54) is 29.5 Å². The minimum Gasteiger partial charge on any atom is -0.460 e. The van der Waals surface area contributed by atoms with Crippen LogP contribution in [0.5, 0.6) is 0 Å². The van der Waals surface area contributed by atoms with E-state index in [1.807, 2.05) is 85.9 Å². The molecule has 7 heterocycles. The Hall–Kier alpha value is -8.36. The molecular formula is C98H149N9O24. The van der Waals surface area contributed by atoms with Crippen molar-refractivity contribution in [3.05, 3.63) is 107 Å². The molecule has 33 heteroatoms. The normalized spacial score (nSPS) is 26.8. The third-order valence-corrected chi connectivity index (χ3v) is 24.9. The number of allylic oxidation sites excluding steroid dienone is 5. The zero-order valence-corrected chi connectivity index (χ0v) is 79.8. The van der Waals surface area contributed by atoms with E-state index in [4.69, 9.17) is 87.3 Å². The number of carbonyl (C=O) groups excluding carboxylic acids is 6. The molecule has 730 valence electrons. The molecule has 4 aliphatic heterocycles. The summed E-state index contributed by atoms with van der Waals surface area (Å²) >= 11 is 0. The number of carbonyl (C=O) groups is 6. The Labute approximate surface area is 773 Å². The van der Waals surface area contributed by atoms with Gasteiger partial charge >= 0.3 is 11.9 Å². The van der Waals surface area contributed by atoms with Crippen molar-refractivity contribution < 1.29 is 115 Å². The van der Waals surface area contributed by atoms with Crippen molar-refractivity contribution >= 4 is 69.3 Å². The first-order chi connectivity index (χ1) is 63.1. The fourth-order valence-corrected chi connectivity index (χ4v) is 17.2. The number of piperidine rings is 1. The van der Waals surface area contributed by atoms with Crippen LogP contribution in [0.1, 0.15) is 189 Å². The minimum absolute atomic E-state index is 0.00139. The van der Waals surface area contributed by atoms with Crippen LogP contribution in [0.2, 0.25) is 0 Å². The summed E-state index contributed by atoms with van der Waals surface area (Å²) in [7, 11) is 6.22. The van der Waals surface area contributed by atoms with E-state index >= 15 is 0 Å². The molecule has 10 rings (SSSR count). The van der Waals surface area contributed by atoms with Gasteiger partial charge in [-0.3, -0.25) is 24.0 Å². The number of methoxy groups -OCH3 is 4. The average molecular weight is 1840 g/mol. The number of hydrogen-bond donors (Lipinski definition) is 5. The van der Waals surface area contributed by atoms with Crippen molar-refractivity contribution in [2.24, 2.45) is 35.5 Å². The van der Waals surface area contributed by atoms with Crippen molar-refractivity contribution in [3.8, 4) is 11.3 Å². The van der Waals surface area contributed by atoms with Crippen LogP contribution in [0, 0.1) is 35.5 Å². The molecule has 0 spiro atoms. The summed E-state index contributed by atoms with van der Waals surface area (Å²) in [6, 6.07) is 11.0. The van der Waals surface area contributed by atoms with E-state index in [1.54, 1.807) is 55.1 Å². The lowest BCUT2D eigenvalue weighted by atomic mass is 9.78. The number of cyclic esters (lactones) is 1. The zero-order chi connectivity index (χ0) is 94.9. The summed E-state index contributed by atoms with van der Waals surface area (Å²) in [4.78, 5) is 97.7. The summed E-state index contributed by atoms with van der Waals surface area (Å²) in [5.74, 6) is -7.23. The molecule has 7 N–H and O–H groups in total. The molecule has 3 fully saturated rings. The van der Waals surface area contributed by atoms with Crippen LogP contribution in [-0.2, 0) is 115 Å². The lowest BCUT2D eigenvalue weighted by Crippen LogP contribution is -2.61. The highest BCUT2D eigenvalue weighted by atomic mass is 16.6. The van der Waals surface area contributed by atoms with E-state index in [-0.39, 0.29) is 79.4 Å². The maximum atomic E-state index is 14.5. The summed E-state index contributed by atoms with van der Waals surface area (Å²) in [6.45, 7) is 29.7. The number of nitrogens with zero attached hydrogens (tertiary/aromatic N) is 7. The first kappa shape index (κ1) is 108. The van der Waals surface area contributed by atoms with Gasteiger partial charge in [-0.2, -0.15) is 10.1 Å². The Morgan fingerprint density at radius 3 is 2.01 bits per heavy atom. The molecule has 16 atom stereocenters. The number of Topliss-reactive ketones (excluding diaryl/α,β-unsaturated/α-hetero) is 2. The summed E-state index contributed by atoms with van der Waals surface area (Å²) in [5, 5.41) is 40.9.